The first-order chi connectivity index (χ1) is 11.1. The molecule has 1 aromatic rings. The van der Waals surface area contributed by atoms with E-state index in [-0.39, 0.29) is 29.9 Å². The third-order valence-corrected chi connectivity index (χ3v) is 3.40. The molecular formula is C16H26ClIN4O2. The molecule has 0 aliphatic rings. The Morgan fingerprint density at radius 3 is 2.54 bits per heavy atom. The molecule has 24 heavy (non-hydrogen) atoms. The average Bonchev–Trinajstić information content (AvgIpc) is 2.52. The summed E-state index contributed by atoms with van der Waals surface area (Å²) in [5.74, 6) is 1.43. The number of benzene rings is 1. The van der Waals surface area contributed by atoms with Crippen molar-refractivity contribution in [3.63, 3.8) is 0 Å². The van der Waals surface area contributed by atoms with E-state index < -0.39 is 0 Å². The lowest BCUT2D eigenvalue weighted by atomic mass is 10.1. The summed E-state index contributed by atoms with van der Waals surface area (Å²) in [5, 5.41) is 9.74. The standard InChI is InChI=1S/C16H25ClN4O2.HI/c1-4-18-16(21-10-9-19-12(2)22)20-8-7-13-5-6-14(23-3)11-15(13)17;/h5-6,11H,4,7-10H2,1-3H3,(H,19,22)(H2,18,20,21);1H. The van der Waals surface area contributed by atoms with Crippen molar-refractivity contribution in [1.29, 1.82) is 0 Å². The van der Waals surface area contributed by atoms with Gasteiger partial charge in [0, 0.05) is 38.1 Å². The molecule has 0 fully saturated rings. The Balaban J connectivity index is 0.00000529. The summed E-state index contributed by atoms with van der Waals surface area (Å²) in [6.07, 6.45) is 0.741. The number of carbonyl (C=O) groups excluding carboxylic acids is 1. The Kier molecular flexibility index (Phi) is 12.4. The van der Waals surface area contributed by atoms with Gasteiger partial charge in [0.15, 0.2) is 5.96 Å². The molecule has 0 atom stereocenters. The van der Waals surface area contributed by atoms with Crippen LogP contribution in [0.3, 0.4) is 0 Å². The second kappa shape index (κ2) is 13.1. The highest BCUT2D eigenvalue weighted by molar-refractivity contribution is 14.0. The normalized spacial score (nSPS) is 10.6. The number of nitrogens with one attached hydrogen (secondary N) is 3. The van der Waals surface area contributed by atoms with Gasteiger partial charge in [0.1, 0.15) is 5.75 Å². The van der Waals surface area contributed by atoms with Gasteiger partial charge in [-0.3, -0.25) is 9.79 Å². The number of aliphatic imine (C=N–C) groups is 1. The van der Waals surface area contributed by atoms with E-state index in [2.05, 4.69) is 20.9 Å². The van der Waals surface area contributed by atoms with E-state index in [0.717, 1.165) is 30.2 Å². The number of methoxy groups -OCH3 is 1. The van der Waals surface area contributed by atoms with Crippen molar-refractivity contribution in [3.05, 3.63) is 28.8 Å². The number of hydrogen-bond donors (Lipinski definition) is 3. The smallest absolute Gasteiger partial charge is 0.216 e. The first-order valence-electron chi connectivity index (χ1n) is 7.65. The fraction of sp³-hybridized carbons (Fsp3) is 0.500. The Morgan fingerprint density at radius 2 is 1.96 bits per heavy atom. The zero-order valence-electron chi connectivity index (χ0n) is 14.3. The van der Waals surface area contributed by atoms with Gasteiger partial charge in [0.25, 0.3) is 0 Å². The second-order valence-electron chi connectivity index (χ2n) is 4.88. The van der Waals surface area contributed by atoms with Gasteiger partial charge < -0.3 is 20.7 Å². The molecule has 0 aliphatic heterocycles. The summed E-state index contributed by atoms with van der Waals surface area (Å²) in [4.78, 5) is 15.3. The molecule has 0 heterocycles. The molecule has 8 heteroatoms. The number of carbonyl (C=O) groups is 1. The number of halogens is 2. The van der Waals surface area contributed by atoms with Crippen LogP contribution in [0, 0.1) is 0 Å². The number of nitrogens with zero attached hydrogens (tertiary/aromatic N) is 1. The second-order valence-corrected chi connectivity index (χ2v) is 5.28. The van der Waals surface area contributed by atoms with Crippen LogP contribution in [0.15, 0.2) is 23.2 Å². The van der Waals surface area contributed by atoms with Crippen molar-refractivity contribution >= 4 is 47.4 Å². The molecule has 0 unspecified atom stereocenters. The van der Waals surface area contributed by atoms with Crippen LogP contribution < -0.4 is 20.7 Å². The summed E-state index contributed by atoms with van der Waals surface area (Å²) in [5.41, 5.74) is 1.03. The zero-order chi connectivity index (χ0) is 17.1. The molecule has 6 nitrogen and oxygen atoms in total. The van der Waals surface area contributed by atoms with E-state index in [9.17, 15) is 4.79 Å². The number of hydrogen-bond acceptors (Lipinski definition) is 3. The lowest BCUT2D eigenvalue weighted by Crippen LogP contribution is -2.41. The predicted molar refractivity (Wildman–Crippen MR) is 110 cm³/mol. The molecule has 136 valence electrons. The monoisotopic (exact) mass is 468 g/mol. The van der Waals surface area contributed by atoms with Gasteiger partial charge in [0.2, 0.25) is 5.91 Å². The Hall–Kier alpha value is -1.22. The molecule has 0 saturated carbocycles. The van der Waals surface area contributed by atoms with Crippen LogP contribution >= 0.6 is 35.6 Å². The van der Waals surface area contributed by atoms with E-state index in [4.69, 9.17) is 16.3 Å². The van der Waals surface area contributed by atoms with Gasteiger partial charge in [-0.15, -0.1) is 24.0 Å². The quantitative estimate of drug-likeness (QED) is 0.237. The van der Waals surface area contributed by atoms with Gasteiger partial charge in [-0.05, 0) is 31.0 Å². The highest BCUT2D eigenvalue weighted by atomic mass is 127. The van der Waals surface area contributed by atoms with Crippen LogP contribution in [0.4, 0.5) is 0 Å². The SMILES string of the molecule is CCNC(=NCCc1ccc(OC)cc1Cl)NCCNC(C)=O.I. The summed E-state index contributed by atoms with van der Waals surface area (Å²) in [6.45, 7) is 6.07. The van der Waals surface area contributed by atoms with Crippen LogP contribution in [-0.2, 0) is 11.2 Å². The van der Waals surface area contributed by atoms with Crippen LogP contribution in [0.5, 0.6) is 5.75 Å². The first-order valence-corrected chi connectivity index (χ1v) is 8.03. The summed E-state index contributed by atoms with van der Waals surface area (Å²) in [7, 11) is 1.62. The van der Waals surface area contributed by atoms with Crippen molar-refractivity contribution in [2.45, 2.75) is 20.3 Å². The van der Waals surface area contributed by atoms with Crippen molar-refractivity contribution in [3.8, 4) is 5.75 Å². The molecule has 0 saturated heterocycles. The number of ether oxygens (including phenoxy) is 1. The number of rotatable bonds is 8. The molecule has 0 aromatic heterocycles. The Morgan fingerprint density at radius 1 is 1.25 bits per heavy atom. The Bertz CT molecular complexity index is 541. The van der Waals surface area contributed by atoms with Crippen LogP contribution in [-0.4, -0.2) is 45.2 Å². The molecule has 0 aliphatic carbocycles. The third kappa shape index (κ3) is 9.17. The maximum absolute atomic E-state index is 10.8. The molecule has 1 rings (SSSR count). The lowest BCUT2D eigenvalue weighted by Gasteiger charge is -2.11. The fourth-order valence-corrected chi connectivity index (χ4v) is 2.17. The van der Waals surface area contributed by atoms with E-state index >= 15 is 0 Å². The lowest BCUT2D eigenvalue weighted by molar-refractivity contribution is -0.118. The number of amides is 1. The van der Waals surface area contributed by atoms with Gasteiger partial charge in [-0.2, -0.15) is 0 Å². The number of guanidine groups is 1. The maximum atomic E-state index is 10.8. The topological polar surface area (TPSA) is 74.8 Å². The molecular weight excluding hydrogens is 443 g/mol. The van der Waals surface area contributed by atoms with Gasteiger partial charge in [0.05, 0.1) is 7.11 Å². The minimum absolute atomic E-state index is 0. The highest BCUT2D eigenvalue weighted by Gasteiger charge is 2.03. The third-order valence-electron chi connectivity index (χ3n) is 3.05. The van der Waals surface area contributed by atoms with Crippen LogP contribution in [0.2, 0.25) is 5.02 Å². The molecule has 0 spiro atoms. The van der Waals surface area contributed by atoms with E-state index in [1.54, 1.807) is 13.2 Å². The molecule has 3 N–H and O–H groups in total. The van der Waals surface area contributed by atoms with Crippen molar-refractivity contribution in [2.24, 2.45) is 4.99 Å². The molecule has 0 radical (unpaired) electrons. The van der Waals surface area contributed by atoms with E-state index in [1.807, 2.05) is 19.1 Å². The van der Waals surface area contributed by atoms with E-state index in [0.29, 0.717) is 24.7 Å². The van der Waals surface area contributed by atoms with Crippen molar-refractivity contribution in [2.75, 3.05) is 33.3 Å². The largest absolute Gasteiger partial charge is 0.497 e. The maximum Gasteiger partial charge on any atom is 0.216 e. The summed E-state index contributed by atoms with van der Waals surface area (Å²) >= 11 is 6.22. The Labute approximate surface area is 165 Å². The minimum Gasteiger partial charge on any atom is -0.497 e. The van der Waals surface area contributed by atoms with Crippen LogP contribution in [0.25, 0.3) is 0 Å². The minimum atomic E-state index is -0.0390. The van der Waals surface area contributed by atoms with Gasteiger partial charge in [-0.25, -0.2) is 0 Å². The summed E-state index contributed by atoms with van der Waals surface area (Å²) in [6, 6.07) is 5.65. The average molecular weight is 469 g/mol. The molecule has 0 bridgehead atoms. The zero-order valence-corrected chi connectivity index (χ0v) is 17.4. The molecule has 1 amide bonds. The highest BCUT2D eigenvalue weighted by Crippen LogP contribution is 2.22. The van der Waals surface area contributed by atoms with E-state index in [1.165, 1.54) is 6.92 Å². The van der Waals surface area contributed by atoms with Crippen molar-refractivity contribution in [1.82, 2.24) is 16.0 Å². The fourth-order valence-electron chi connectivity index (χ4n) is 1.91. The first kappa shape index (κ1) is 22.8. The van der Waals surface area contributed by atoms with Gasteiger partial charge >= 0.3 is 0 Å². The van der Waals surface area contributed by atoms with Gasteiger partial charge in [-0.1, -0.05) is 17.7 Å². The van der Waals surface area contributed by atoms with Crippen molar-refractivity contribution < 1.29 is 9.53 Å². The molecule has 1 aromatic carbocycles. The summed E-state index contributed by atoms with van der Waals surface area (Å²) < 4.78 is 5.13. The van der Waals surface area contributed by atoms with Crippen LogP contribution in [0.1, 0.15) is 19.4 Å². The predicted octanol–water partition coefficient (Wildman–Crippen LogP) is 2.20.